The summed E-state index contributed by atoms with van der Waals surface area (Å²) in [5.41, 5.74) is 5.37. The Balaban J connectivity index is 1.08. The summed E-state index contributed by atoms with van der Waals surface area (Å²) >= 11 is 1.74. The van der Waals surface area contributed by atoms with Gasteiger partial charge in [0.25, 0.3) is 5.91 Å². The van der Waals surface area contributed by atoms with Gasteiger partial charge in [0, 0.05) is 44.8 Å². The zero-order chi connectivity index (χ0) is 24.9. The number of nitrogens with zero attached hydrogens (tertiary/aromatic N) is 3. The van der Waals surface area contributed by atoms with E-state index in [-0.39, 0.29) is 5.91 Å². The number of carbonyl (C=O) groups excluding carboxylic acids is 1. The van der Waals surface area contributed by atoms with E-state index >= 15 is 0 Å². The molecule has 1 aromatic heterocycles. The topological polar surface area (TPSA) is 57.7 Å². The van der Waals surface area contributed by atoms with Crippen molar-refractivity contribution in [3.05, 3.63) is 89.0 Å². The highest BCUT2D eigenvalue weighted by molar-refractivity contribution is 7.22. The summed E-state index contributed by atoms with van der Waals surface area (Å²) in [6.45, 7) is 7.37. The number of hydrogen-bond acceptors (Lipinski definition) is 6. The van der Waals surface area contributed by atoms with E-state index in [0.717, 1.165) is 55.5 Å². The molecule has 7 heteroatoms. The molecule has 1 aliphatic heterocycles. The number of piperazine rings is 1. The van der Waals surface area contributed by atoms with E-state index in [2.05, 4.69) is 52.4 Å². The van der Waals surface area contributed by atoms with E-state index in [0.29, 0.717) is 12.1 Å². The predicted molar refractivity (Wildman–Crippen MR) is 148 cm³/mol. The van der Waals surface area contributed by atoms with Gasteiger partial charge in [0.1, 0.15) is 11.3 Å². The van der Waals surface area contributed by atoms with Gasteiger partial charge < -0.3 is 15.0 Å². The minimum absolute atomic E-state index is 0.0151. The number of methoxy groups -OCH3 is 1. The predicted octanol–water partition coefficient (Wildman–Crippen LogP) is 4.76. The molecule has 186 valence electrons. The lowest BCUT2D eigenvalue weighted by molar-refractivity contribution is 0.0948. The average molecular weight is 501 g/mol. The molecule has 1 saturated heterocycles. The highest BCUT2D eigenvalue weighted by atomic mass is 32.1. The monoisotopic (exact) mass is 500 g/mol. The molecular formula is C29H32N4O2S. The van der Waals surface area contributed by atoms with Gasteiger partial charge in [-0.15, -0.1) is 0 Å². The normalized spacial score (nSPS) is 14.2. The first-order valence-corrected chi connectivity index (χ1v) is 13.2. The number of carbonyl (C=O) groups is 1. The van der Waals surface area contributed by atoms with Gasteiger partial charge in [-0.3, -0.25) is 9.69 Å². The molecule has 0 spiro atoms. The second kappa shape index (κ2) is 11.1. The van der Waals surface area contributed by atoms with Crippen molar-refractivity contribution in [2.24, 2.45) is 0 Å². The van der Waals surface area contributed by atoms with Crippen LogP contribution >= 0.6 is 11.3 Å². The maximum Gasteiger partial charge on any atom is 0.251 e. The van der Waals surface area contributed by atoms with Crippen molar-refractivity contribution >= 4 is 32.6 Å². The van der Waals surface area contributed by atoms with Gasteiger partial charge >= 0.3 is 0 Å². The number of aromatic nitrogens is 1. The fourth-order valence-corrected chi connectivity index (χ4v) is 5.70. The molecule has 0 radical (unpaired) electrons. The molecule has 3 aromatic carbocycles. The summed E-state index contributed by atoms with van der Waals surface area (Å²) in [6.07, 6.45) is 0.874. The number of nitrogens with one attached hydrogen (secondary N) is 1. The number of rotatable bonds is 8. The van der Waals surface area contributed by atoms with Crippen LogP contribution < -0.4 is 15.0 Å². The second-order valence-corrected chi connectivity index (χ2v) is 10.2. The van der Waals surface area contributed by atoms with Crippen LogP contribution in [0.25, 0.3) is 10.2 Å². The lowest BCUT2D eigenvalue weighted by Gasteiger charge is -2.34. The summed E-state index contributed by atoms with van der Waals surface area (Å²) in [7, 11) is 1.70. The largest absolute Gasteiger partial charge is 0.494 e. The SMILES string of the molecule is COc1ccc(C)c2sc(N3CCN(CCNC(=O)c4ccc(Cc5ccccc5)cc4)CC3)nc12. The van der Waals surface area contributed by atoms with E-state index in [9.17, 15) is 4.79 Å². The molecule has 2 heterocycles. The Kier molecular flexibility index (Phi) is 7.49. The second-order valence-electron chi connectivity index (χ2n) is 9.20. The molecule has 0 bridgehead atoms. The van der Waals surface area contributed by atoms with Gasteiger partial charge in [-0.1, -0.05) is 59.9 Å². The first-order chi connectivity index (χ1) is 17.6. The van der Waals surface area contributed by atoms with Crippen LogP contribution in [0.4, 0.5) is 5.13 Å². The van der Waals surface area contributed by atoms with Gasteiger partial charge in [0.2, 0.25) is 0 Å². The highest BCUT2D eigenvalue weighted by Crippen LogP contribution is 2.36. The quantitative estimate of drug-likeness (QED) is 0.378. The van der Waals surface area contributed by atoms with E-state index in [1.54, 1.807) is 18.4 Å². The van der Waals surface area contributed by atoms with Crippen LogP contribution in [0.1, 0.15) is 27.0 Å². The highest BCUT2D eigenvalue weighted by Gasteiger charge is 2.21. The summed E-state index contributed by atoms with van der Waals surface area (Å²) in [6, 6.07) is 22.4. The molecule has 1 aliphatic rings. The summed E-state index contributed by atoms with van der Waals surface area (Å²) in [4.78, 5) is 22.2. The molecule has 0 saturated carbocycles. The Bertz CT molecular complexity index is 1310. The van der Waals surface area contributed by atoms with Crippen molar-refractivity contribution < 1.29 is 9.53 Å². The van der Waals surface area contributed by atoms with Gasteiger partial charge in [-0.2, -0.15) is 0 Å². The van der Waals surface area contributed by atoms with Crippen LogP contribution in [0, 0.1) is 6.92 Å². The summed E-state index contributed by atoms with van der Waals surface area (Å²) in [5, 5.41) is 4.13. The molecule has 0 atom stereocenters. The average Bonchev–Trinajstić information content (AvgIpc) is 3.37. The molecular weight excluding hydrogens is 468 g/mol. The third kappa shape index (κ3) is 5.53. The Labute approximate surface area is 216 Å². The third-order valence-corrected chi connectivity index (χ3v) is 7.99. The number of fused-ring (bicyclic) bond motifs is 1. The zero-order valence-electron chi connectivity index (χ0n) is 20.9. The summed E-state index contributed by atoms with van der Waals surface area (Å²) < 4.78 is 6.71. The molecule has 5 rings (SSSR count). The van der Waals surface area contributed by atoms with Crippen LogP contribution in [-0.4, -0.2) is 62.2 Å². The number of thiazole rings is 1. The van der Waals surface area contributed by atoms with Crippen molar-refractivity contribution in [2.45, 2.75) is 13.3 Å². The van der Waals surface area contributed by atoms with Crippen molar-refractivity contribution in [1.29, 1.82) is 0 Å². The van der Waals surface area contributed by atoms with Gasteiger partial charge in [0.05, 0.1) is 11.8 Å². The number of amides is 1. The van der Waals surface area contributed by atoms with Crippen LogP contribution in [0.3, 0.4) is 0 Å². The Morgan fingerprint density at radius 1 is 0.972 bits per heavy atom. The Morgan fingerprint density at radius 3 is 2.42 bits per heavy atom. The molecule has 6 nitrogen and oxygen atoms in total. The minimum Gasteiger partial charge on any atom is -0.494 e. The Morgan fingerprint density at radius 2 is 1.69 bits per heavy atom. The molecule has 0 aliphatic carbocycles. The fraction of sp³-hybridized carbons (Fsp3) is 0.310. The summed E-state index contributed by atoms with van der Waals surface area (Å²) in [5.74, 6) is 0.817. The van der Waals surface area contributed by atoms with E-state index < -0.39 is 0 Å². The number of aryl methyl sites for hydroxylation is 1. The molecule has 1 fully saturated rings. The van der Waals surface area contributed by atoms with Crippen LogP contribution in [-0.2, 0) is 6.42 Å². The van der Waals surface area contributed by atoms with Crippen molar-refractivity contribution in [2.75, 3.05) is 51.3 Å². The van der Waals surface area contributed by atoms with Crippen LogP contribution in [0.15, 0.2) is 66.7 Å². The zero-order valence-corrected chi connectivity index (χ0v) is 21.7. The van der Waals surface area contributed by atoms with Gasteiger partial charge in [-0.25, -0.2) is 4.98 Å². The number of anilines is 1. The van der Waals surface area contributed by atoms with E-state index in [1.165, 1.54) is 21.4 Å². The van der Waals surface area contributed by atoms with Crippen LogP contribution in [0.2, 0.25) is 0 Å². The number of benzene rings is 3. The minimum atomic E-state index is -0.0151. The smallest absolute Gasteiger partial charge is 0.251 e. The molecule has 36 heavy (non-hydrogen) atoms. The van der Waals surface area contributed by atoms with Crippen LogP contribution in [0.5, 0.6) is 5.75 Å². The first-order valence-electron chi connectivity index (χ1n) is 12.4. The maximum absolute atomic E-state index is 12.6. The number of hydrogen-bond donors (Lipinski definition) is 1. The lowest BCUT2D eigenvalue weighted by Crippen LogP contribution is -2.48. The first kappa shape index (κ1) is 24.3. The maximum atomic E-state index is 12.6. The van der Waals surface area contributed by atoms with E-state index in [1.807, 2.05) is 36.4 Å². The van der Waals surface area contributed by atoms with E-state index in [4.69, 9.17) is 9.72 Å². The molecule has 1 amide bonds. The number of ether oxygens (including phenoxy) is 1. The van der Waals surface area contributed by atoms with Gasteiger partial charge in [-0.05, 0) is 48.2 Å². The van der Waals surface area contributed by atoms with Crippen molar-refractivity contribution in [3.63, 3.8) is 0 Å². The standard InChI is InChI=1S/C29H32N4O2S/c1-21-8-13-25(35-2)26-27(21)36-29(31-26)33-18-16-32(17-19-33)15-14-30-28(34)24-11-9-23(10-12-24)20-22-6-4-3-5-7-22/h3-13H,14-20H2,1-2H3,(H,30,34). The lowest BCUT2D eigenvalue weighted by atomic mass is 10.0. The Hall–Kier alpha value is -3.42. The van der Waals surface area contributed by atoms with Gasteiger partial charge in [0.15, 0.2) is 5.13 Å². The molecule has 1 N–H and O–H groups in total. The van der Waals surface area contributed by atoms with Crippen molar-refractivity contribution in [1.82, 2.24) is 15.2 Å². The fourth-order valence-electron chi connectivity index (χ4n) is 4.60. The van der Waals surface area contributed by atoms with Crippen molar-refractivity contribution in [3.8, 4) is 5.75 Å². The molecule has 4 aromatic rings. The molecule has 0 unspecified atom stereocenters. The third-order valence-electron chi connectivity index (χ3n) is 6.74.